The van der Waals surface area contributed by atoms with Crippen molar-refractivity contribution in [3.05, 3.63) is 133 Å². The summed E-state index contributed by atoms with van der Waals surface area (Å²) in [7, 11) is 0. The molecule has 0 aromatic heterocycles. The molecule has 4 N–H and O–H groups in total. The second-order valence-corrected chi connectivity index (χ2v) is 10.3. The quantitative estimate of drug-likeness (QED) is 0.0890. The van der Waals surface area contributed by atoms with Crippen LogP contribution in [0.25, 0.3) is 0 Å². The van der Waals surface area contributed by atoms with E-state index in [0.717, 1.165) is 44.1 Å². The van der Waals surface area contributed by atoms with E-state index in [1.807, 2.05) is 42.5 Å². The third-order valence-corrected chi connectivity index (χ3v) is 6.56. The molecule has 2 amide bonds. The summed E-state index contributed by atoms with van der Waals surface area (Å²) in [5, 5.41) is 24.5. The minimum atomic E-state index is -1.31. The van der Waals surface area contributed by atoms with Crippen LogP contribution in [0.5, 0.6) is 5.75 Å². The summed E-state index contributed by atoms with van der Waals surface area (Å²) in [4.78, 5) is 37.1. The van der Waals surface area contributed by atoms with Crippen molar-refractivity contribution in [2.45, 2.75) is 70.8 Å². The molecule has 1 unspecified atom stereocenters. The highest BCUT2D eigenvalue weighted by Crippen LogP contribution is 2.21. The smallest absolute Gasteiger partial charge is 0.339 e. The van der Waals surface area contributed by atoms with Gasteiger partial charge in [0, 0.05) is 18.5 Å². The van der Waals surface area contributed by atoms with E-state index in [0.29, 0.717) is 6.42 Å². The van der Waals surface area contributed by atoms with E-state index in [-0.39, 0.29) is 30.0 Å². The largest absolute Gasteiger partial charge is 0.507 e. The number of phenols is 1. The van der Waals surface area contributed by atoms with Gasteiger partial charge in [-0.15, -0.1) is 0 Å². The van der Waals surface area contributed by atoms with E-state index >= 15 is 0 Å². The Morgan fingerprint density at radius 2 is 1.27 bits per heavy atom. The van der Waals surface area contributed by atoms with Crippen molar-refractivity contribution in [3.8, 4) is 5.75 Å². The van der Waals surface area contributed by atoms with Crippen molar-refractivity contribution >= 4 is 23.5 Å². The number of carboxylic acid groups (broad SMARTS) is 1. The molecule has 0 aliphatic heterocycles. The van der Waals surface area contributed by atoms with Crippen LogP contribution in [0.1, 0.15) is 74.2 Å². The summed E-state index contributed by atoms with van der Waals surface area (Å²) < 4.78 is 0. The first kappa shape index (κ1) is 36.3. The Hall–Kier alpha value is -4.91. The van der Waals surface area contributed by atoms with E-state index in [1.54, 1.807) is 0 Å². The zero-order valence-corrected chi connectivity index (χ0v) is 26.1. The maximum atomic E-state index is 13.1. The molecule has 2 rings (SSSR count). The number of benzene rings is 2. The predicted molar refractivity (Wildman–Crippen MR) is 183 cm³/mol. The standard InChI is InChI=1S/C38H46N2O5/c1-2-3-4-5-6-7-8-9-10-11-12-13-14-15-16-17-18-19-23-26-36(42)40-34(29-31-24-21-20-22-25-31)37(43)39-32-27-28-35(41)33(30-32)38(44)45/h3-4,6-7,9-10,12-13,15-16,18-22,24-25,27-28,30,34,41H,2,5,8,11,14,17,23,26,29H2,1H3,(H,39,43)(H,40,42)(H,44,45)/b4-3-,7-6-,10-9-,13-12-,16-15-,19-18-. The second-order valence-electron chi connectivity index (χ2n) is 10.3. The number of rotatable bonds is 20. The predicted octanol–water partition coefficient (Wildman–Crippen LogP) is 8.23. The number of carboxylic acids is 1. The summed E-state index contributed by atoms with van der Waals surface area (Å²) in [6.07, 6.45) is 32.2. The van der Waals surface area contributed by atoms with E-state index < -0.39 is 23.7 Å². The fourth-order valence-electron chi connectivity index (χ4n) is 4.19. The van der Waals surface area contributed by atoms with Gasteiger partial charge in [0.15, 0.2) is 0 Å². The molecule has 2 aromatic rings. The van der Waals surface area contributed by atoms with Crippen LogP contribution in [0.4, 0.5) is 5.69 Å². The average molecular weight is 611 g/mol. The molecule has 45 heavy (non-hydrogen) atoms. The van der Waals surface area contributed by atoms with Crippen molar-refractivity contribution in [2.75, 3.05) is 5.32 Å². The molecule has 238 valence electrons. The molecule has 0 saturated heterocycles. The topological polar surface area (TPSA) is 116 Å². The summed E-state index contributed by atoms with van der Waals surface area (Å²) >= 11 is 0. The molecule has 7 nitrogen and oxygen atoms in total. The van der Waals surface area contributed by atoms with Gasteiger partial charge < -0.3 is 20.8 Å². The Bertz CT molecular complexity index is 1370. The van der Waals surface area contributed by atoms with Crippen molar-refractivity contribution < 1.29 is 24.6 Å². The number of aromatic hydroxyl groups is 1. The molecule has 0 heterocycles. The van der Waals surface area contributed by atoms with Crippen LogP contribution in [0.2, 0.25) is 0 Å². The molecule has 0 radical (unpaired) electrons. The normalized spacial score (nSPS) is 12.7. The third kappa shape index (κ3) is 16.5. The first-order valence-electron chi connectivity index (χ1n) is 15.5. The van der Waals surface area contributed by atoms with Crippen molar-refractivity contribution in [1.82, 2.24) is 5.32 Å². The molecule has 0 aliphatic rings. The maximum Gasteiger partial charge on any atom is 0.339 e. The van der Waals surface area contributed by atoms with E-state index in [9.17, 15) is 24.6 Å². The summed E-state index contributed by atoms with van der Waals surface area (Å²) in [5.41, 5.74) is 0.750. The van der Waals surface area contributed by atoms with Gasteiger partial charge in [0.05, 0.1) is 0 Å². The number of amides is 2. The first-order valence-corrected chi connectivity index (χ1v) is 15.5. The van der Waals surface area contributed by atoms with Gasteiger partial charge in [0.25, 0.3) is 0 Å². The Morgan fingerprint density at radius 1 is 0.733 bits per heavy atom. The summed E-state index contributed by atoms with van der Waals surface area (Å²) in [5.74, 6) is -2.46. The van der Waals surface area contributed by atoms with Crippen LogP contribution in [0, 0.1) is 0 Å². The van der Waals surface area contributed by atoms with Crippen molar-refractivity contribution in [3.63, 3.8) is 0 Å². The van der Waals surface area contributed by atoms with Crippen molar-refractivity contribution in [2.24, 2.45) is 0 Å². The SMILES string of the molecule is CC/C=C\C/C=C\C/C=C\C/C=C\C/C=C\C/C=C\CCC(=O)NC(Cc1ccccc1)C(=O)Nc1ccc(O)c(C(=O)O)c1. The number of aromatic carboxylic acids is 1. The molecule has 0 fully saturated rings. The summed E-state index contributed by atoms with van der Waals surface area (Å²) in [6, 6.07) is 12.2. The lowest BCUT2D eigenvalue weighted by Gasteiger charge is -2.19. The zero-order valence-electron chi connectivity index (χ0n) is 26.1. The van der Waals surface area contributed by atoms with E-state index in [2.05, 4.69) is 78.3 Å². The number of carbonyl (C=O) groups is 3. The molecular weight excluding hydrogens is 564 g/mol. The van der Waals surface area contributed by atoms with E-state index in [1.165, 1.54) is 18.2 Å². The lowest BCUT2D eigenvalue weighted by Crippen LogP contribution is -2.45. The van der Waals surface area contributed by atoms with Crippen LogP contribution < -0.4 is 10.6 Å². The zero-order chi connectivity index (χ0) is 32.5. The Morgan fingerprint density at radius 3 is 1.80 bits per heavy atom. The highest BCUT2D eigenvalue weighted by atomic mass is 16.4. The number of anilines is 1. The minimum absolute atomic E-state index is 0.209. The number of hydrogen-bond acceptors (Lipinski definition) is 4. The van der Waals surface area contributed by atoms with Gasteiger partial charge in [-0.3, -0.25) is 9.59 Å². The second kappa shape index (κ2) is 22.6. The molecule has 0 aliphatic carbocycles. The lowest BCUT2D eigenvalue weighted by atomic mass is 10.0. The minimum Gasteiger partial charge on any atom is -0.507 e. The third-order valence-electron chi connectivity index (χ3n) is 6.56. The summed E-state index contributed by atoms with van der Waals surface area (Å²) in [6.45, 7) is 2.14. The molecule has 0 saturated carbocycles. The van der Waals surface area contributed by atoms with Crippen LogP contribution >= 0.6 is 0 Å². The van der Waals surface area contributed by atoms with Crippen molar-refractivity contribution in [1.29, 1.82) is 0 Å². The number of hydrogen-bond donors (Lipinski definition) is 4. The fraction of sp³-hybridized carbons (Fsp3) is 0.289. The fourth-order valence-corrected chi connectivity index (χ4v) is 4.19. The molecule has 1 atom stereocenters. The highest BCUT2D eigenvalue weighted by Gasteiger charge is 2.22. The number of allylic oxidation sites excluding steroid dienone is 12. The molecule has 2 aromatic carbocycles. The van der Waals surface area contributed by atoms with Crippen LogP contribution in [-0.4, -0.2) is 34.0 Å². The van der Waals surface area contributed by atoms with Gasteiger partial charge in [0.2, 0.25) is 11.8 Å². The monoisotopic (exact) mass is 610 g/mol. The van der Waals surface area contributed by atoms with Gasteiger partial charge in [-0.05, 0) is 68.7 Å². The Kier molecular flexibility index (Phi) is 18.2. The van der Waals surface area contributed by atoms with Crippen LogP contribution in [0.3, 0.4) is 0 Å². The Labute approximate surface area is 267 Å². The van der Waals surface area contributed by atoms with Crippen LogP contribution in [0.15, 0.2) is 121 Å². The lowest BCUT2D eigenvalue weighted by molar-refractivity contribution is -0.126. The maximum absolute atomic E-state index is 13.1. The Balaban J connectivity index is 1.73. The average Bonchev–Trinajstić information content (AvgIpc) is 3.03. The van der Waals surface area contributed by atoms with Gasteiger partial charge >= 0.3 is 5.97 Å². The van der Waals surface area contributed by atoms with Gasteiger partial charge in [-0.2, -0.15) is 0 Å². The number of nitrogens with one attached hydrogen (secondary N) is 2. The molecule has 7 heteroatoms. The molecule has 0 spiro atoms. The molecular formula is C38H46N2O5. The van der Waals surface area contributed by atoms with Gasteiger partial charge in [-0.1, -0.05) is 110 Å². The molecule has 0 bridgehead atoms. The number of carbonyl (C=O) groups excluding carboxylic acids is 2. The van der Waals surface area contributed by atoms with Gasteiger partial charge in [0.1, 0.15) is 17.4 Å². The first-order chi connectivity index (χ1) is 21.9. The van der Waals surface area contributed by atoms with Crippen LogP contribution in [-0.2, 0) is 16.0 Å². The van der Waals surface area contributed by atoms with Gasteiger partial charge in [-0.25, -0.2) is 4.79 Å². The van der Waals surface area contributed by atoms with E-state index in [4.69, 9.17) is 0 Å². The highest BCUT2D eigenvalue weighted by molar-refractivity contribution is 5.99.